The van der Waals surface area contributed by atoms with Crippen molar-refractivity contribution in [3.05, 3.63) is 28.2 Å². The fourth-order valence-electron chi connectivity index (χ4n) is 1.49. The number of halogens is 1. The molecular formula is C13H17BrN2O2S. The highest BCUT2D eigenvalue weighted by Gasteiger charge is 2.28. The molecule has 0 aliphatic carbocycles. The van der Waals surface area contributed by atoms with E-state index in [1.165, 1.54) is 7.11 Å². The summed E-state index contributed by atoms with van der Waals surface area (Å²) in [4.78, 5) is 12.6. The van der Waals surface area contributed by atoms with Gasteiger partial charge in [-0.05, 0) is 31.5 Å². The number of nitrogens with one attached hydrogen (secondary N) is 1. The lowest BCUT2D eigenvalue weighted by Crippen LogP contribution is -2.54. The molecule has 0 saturated heterocycles. The van der Waals surface area contributed by atoms with Gasteiger partial charge >= 0.3 is 0 Å². The van der Waals surface area contributed by atoms with Crippen LogP contribution in [0.5, 0.6) is 5.75 Å². The Morgan fingerprint density at radius 1 is 1.58 bits per heavy atom. The first-order valence-corrected chi connectivity index (χ1v) is 7.00. The third-order valence-electron chi connectivity index (χ3n) is 3.05. The minimum absolute atomic E-state index is 0.262. The number of nitrogens with two attached hydrogens (primary N) is 1. The van der Waals surface area contributed by atoms with Crippen LogP contribution in [0.3, 0.4) is 0 Å². The number of hydrogen-bond acceptors (Lipinski definition) is 3. The van der Waals surface area contributed by atoms with Gasteiger partial charge in [0.05, 0.1) is 23.2 Å². The highest BCUT2D eigenvalue weighted by Crippen LogP contribution is 2.24. The van der Waals surface area contributed by atoms with Crippen molar-refractivity contribution < 1.29 is 9.53 Å². The van der Waals surface area contributed by atoms with E-state index in [1.807, 2.05) is 6.92 Å². The summed E-state index contributed by atoms with van der Waals surface area (Å²) in [5, 5.41) is 2.85. The Balaban J connectivity index is 3.05. The van der Waals surface area contributed by atoms with Crippen molar-refractivity contribution in [3.63, 3.8) is 0 Å². The maximum absolute atomic E-state index is 12.3. The lowest BCUT2D eigenvalue weighted by molar-refractivity contribution is 0.0923. The summed E-state index contributed by atoms with van der Waals surface area (Å²) in [5.74, 6) is 0.231. The summed E-state index contributed by atoms with van der Waals surface area (Å²) in [6, 6.07) is 5.20. The highest BCUT2D eigenvalue weighted by molar-refractivity contribution is 9.10. The van der Waals surface area contributed by atoms with Crippen molar-refractivity contribution in [2.45, 2.75) is 25.8 Å². The van der Waals surface area contributed by atoms with E-state index >= 15 is 0 Å². The Kier molecular flexibility index (Phi) is 5.31. The Morgan fingerprint density at radius 3 is 2.68 bits per heavy atom. The predicted molar refractivity (Wildman–Crippen MR) is 83.6 cm³/mol. The summed E-state index contributed by atoms with van der Waals surface area (Å²) in [6.45, 7) is 3.72. The van der Waals surface area contributed by atoms with Gasteiger partial charge < -0.3 is 15.8 Å². The molecule has 0 aromatic heterocycles. The Bertz CT molecular complexity index is 507. The van der Waals surface area contributed by atoms with Crippen molar-refractivity contribution >= 4 is 39.0 Å². The van der Waals surface area contributed by atoms with Crippen LogP contribution in [-0.4, -0.2) is 23.5 Å². The number of carbonyl (C=O) groups is 1. The maximum Gasteiger partial charge on any atom is 0.255 e. The second-order valence-electron chi connectivity index (χ2n) is 4.35. The van der Waals surface area contributed by atoms with Crippen LogP contribution in [0.25, 0.3) is 0 Å². The van der Waals surface area contributed by atoms with Gasteiger partial charge in [-0.25, -0.2) is 0 Å². The van der Waals surface area contributed by atoms with Gasteiger partial charge in [-0.15, -0.1) is 0 Å². The molecule has 0 aliphatic rings. The third-order valence-corrected chi connectivity index (χ3v) is 3.99. The molecule has 0 fully saturated rings. The van der Waals surface area contributed by atoms with E-state index in [2.05, 4.69) is 21.2 Å². The molecule has 19 heavy (non-hydrogen) atoms. The molecule has 0 aliphatic heterocycles. The molecule has 1 atom stereocenters. The molecule has 1 aromatic carbocycles. The minimum Gasteiger partial charge on any atom is -0.496 e. The van der Waals surface area contributed by atoms with E-state index < -0.39 is 5.54 Å². The van der Waals surface area contributed by atoms with E-state index in [-0.39, 0.29) is 10.9 Å². The normalized spacial score (nSPS) is 13.5. The maximum atomic E-state index is 12.3. The van der Waals surface area contributed by atoms with Gasteiger partial charge in [-0.2, -0.15) is 0 Å². The zero-order valence-electron chi connectivity index (χ0n) is 11.1. The summed E-state index contributed by atoms with van der Waals surface area (Å²) >= 11 is 8.34. The standard InChI is InChI=1S/C13H17BrN2O2S/c1-4-13(2,12(15)19)16-11(17)9-6-5-8(14)7-10(9)18-3/h5-7H,4H2,1-3H3,(H2,15,19)(H,16,17). The molecule has 104 valence electrons. The highest BCUT2D eigenvalue weighted by atomic mass is 79.9. The molecule has 1 rings (SSSR count). The molecule has 4 nitrogen and oxygen atoms in total. The minimum atomic E-state index is -0.704. The number of amides is 1. The smallest absolute Gasteiger partial charge is 0.255 e. The summed E-state index contributed by atoms with van der Waals surface area (Å²) in [7, 11) is 1.52. The van der Waals surface area contributed by atoms with Crippen molar-refractivity contribution in [3.8, 4) is 5.75 Å². The number of ether oxygens (including phenoxy) is 1. The van der Waals surface area contributed by atoms with Gasteiger partial charge in [-0.3, -0.25) is 4.79 Å². The van der Waals surface area contributed by atoms with Crippen LogP contribution >= 0.6 is 28.1 Å². The zero-order valence-corrected chi connectivity index (χ0v) is 13.5. The van der Waals surface area contributed by atoms with Crippen molar-refractivity contribution in [1.82, 2.24) is 5.32 Å². The second kappa shape index (κ2) is 6.34. The molecule has 0 bridgehead atoms. The number of methoxy groups -OCH3 is 1. The van der Waals surface area contributed by atoms with Crippen molar-refractivity contribution in [2.24, 2.45) is 5.73 Å². The van der Waals surface area contributed by atoms with E-state index in [0.717, 1.165) is 4.47 Å². The van der Waals surface area contributed by atoms with Gasteiger partial charge in [0.1, 0.15) is 5.75 Å². The molecule has 0 radical (unpaired) electrons. The number of hydrogen-bond donors (Lipinski definition) is 2. The van der Waals surface area contributed by atoms with E-state index in [4.69, 9.17) is 22.7 Å². The number of benzene rings is 1. The quantitative estimate of drug-likeness (QED) is 0.806. The van der Waals surface area contributed by atoms with Crippen LogP contribution < -0.4 is 15.8 Å². The SMILES string of the molecule is CCC(C)(NC(=O)c1ccc(Br)cc1OC)C(N)=S. The lowest BCUT2D eigenvalue weighted by atomic mass is 9.98. The fourth-order valence-corrected chi connectivity index (χ4v) is 2.03. The van der Waals surface area contributed by atoms with Crippen LogP contribution in [0.1, 0.15) is 30.6 Å². The van der Waals surface area contributed by atoms with Crippen LogP contribution in [0.4, 0.5) is 0 Å². The van der Waals surface area contributed by atoms with E-state index in [1.54, 1.807) is 25.1 Å². The summed E-state index contributed by atoms with van der Waals surface area (Å²) in [5.41, 5.74) is 5.42. The van der Waals surface area contributed by atoms with Gasteiger partial charge in [0.15, 0.2) is 0 Å². The van der Waals surface area contributed by atoms with Crippen LogP contribution in [0.15, 0.2) is 22.7 Å². The third kappa shape index (κ3) is 3.67. The first kappa shape index (κ1) is 15.9. The average Bonchev–Trinajstić information content (AvgIpc) is 2.37. The van der Waals surface area contributed by atoms with Gasteiger partial charge in [0, 0.05) is 4.47 Å². The first-order valence-electron chi connectivity index (χ1n) is 5.80. The molecule has 0 saturated carbocycles. The number of rotatable bonds is 5. The lowest BCUT2D eigenvalue weighted by Gasteiger charge is -2.28. The molecule has 6 heteroatoms. The monoisotopic (exact) mass is 344 g/mol. The summed E-state index contributed by atoms with van der Waals surface area (Å²) in [6.07, 6.45) is 0.618. The zero-order chi connectivity index (χ0) is 14.6. The van der Waals surface area contributed by atoms with Gasteiger partial charge in [-0.1, -0.05) is 35.1 Å². The molecule has 1 aromatic rings. The predicted octanol–water partition coefficient (Wildman–Crippen LogP) is 2.64. The molecule has 1 amide bonds. The summed E-state index contributed by atoms with van der Waals surface area (Å²) < 4.78 is 6.04. The fraction of sp³-hybridized carbons (Fsp3) is 0.385. The Hall–Kier alpha value is -1.14. The average molecular weight is 345 g/mol. The van der Waals surface area contributed by atoms with Gasteiger partial charge in [0.25, 0.3) is 5.91 Å². The molecule has 3 N–H and O–H groups in total. The first-order chi connectivity index (χ1) is 8.84. The Morgan fingerprint density at radius 2 is 2.21 bits per heavy atom. The second-order valence-corrected chi connectivity index (χ2v) is 5.70. The largest absolute Gasteiger partial charge is 0.496 e. The van der Waals surface area contributed by atoms with Crippen LogP contribution in [0.2, 0.25) is 0 Å². The Labute approximate surface area is 126 Å². The number of carbonyl (C=O) groups excluding carboxylic acids is 1. The molecule has 0 heterocycles. The molecule has 1 unspecified atom stereocenters. The topological polar surface area (TPSA) is 64.3 Å². The van der Waals surface area contributed by atoms with E-state index in [0.29, 0.717) is 17.7 Å². The van der Waals surface area contributed by atoms with Crippen molar-refractivity contribution in [2.75, 3.05) is 7.11 Å². The van der Waals surface area contributed by atoms with Crippen LogP contribution in [0, 0.1) is 0 Å². The van der Waals surface area contributed by atoms with Crippen molar-refractivity contribution in [1.29, 1.82) is 0 Å². The van der Waals surface area contributed by atoms with E-state index in [9.17, 15) is 4.79 Å². The molecular weight excluding hydrogens is 328 g/mol. The van der Waals surface area contributed by atoms with Crippen LogP contribution in [-0.2, 0) is 0 Å². The number of thiocarbonyl (C=S) groups is 1. The molecule has 0 spiro atoms. The van der Waals surface area contributed by atoms with Gasteiger partial charge in [0.2, 0.25) is 0 Å².